The maximum Gasteiger partial charge on any atom is 0.0837 e. The summed E-state index contributed by atoms with van der Waals surface area (Å²) in [4.78, 5) is 0. The Labute approximate surface area is 190 Å². The molecule has 1 unspecified atom stereocenters. The summed E-state index contributed by atoms with van der Waals surface area (Å²) in [7, 11) is 0. The van der Waals surface area contributed by atoms with Crippen molar-refractivity contribution in [1.82, 2.24) is 0 Å². The lowest BCUT2D eigenvalue weighted by atomic mass is 9.60. The molecule has 3 heteroatoms. The lowest BCUT2D eigenvalue weighted by molar-refractivity contribution is 0.0283. The summed E-state index contributed by atoms with van der Waals surface area (Å²) >= 11 is 0. The van der Waals surface area contributed by atoms with E-state index in [0.29, 0.717) is 23.7 Å². The van der Waals surface area contributed by atoms with Crippen LogP contribution in [0.15, 0.2) is 35.5 Å². The van der Waals surface area contributed by atoms with E-state index in [2.05, 4.69) is 32.6 Å². The number of allylic oxidation sites excluding steroid dienone is 3. The number of aliphatic hydroxyl groups is 3. The fourth-order valence-electron chi connectivity index (χ4n) is 6.91. The molecule has 3 saturated carbocycles. The molecule has 31 heavy (non-hydrogen) atoms. The van der Waals surface area contributed by atoms with Crippen LogP contribution in [0, 0.1) is 29.1 Å². The Morgan fingerprint density at radius 3 is 2.61 bits per heavy atom. The fraction of sp³-hybridized carbons (Fsp3) is 0.786. The van der Waals surface area contributed by atoms with E-state index in [9.17, 15) is 15.3 Å². The molecule has 0 heterocycles. The van der Waals surface area contributed by atoms with Gasteiger partial charge >= 0.3 is 0 Å². The highest BCUT2D eigenvalue weighted by molar-refractivity contribution is 5.39. The summed E-state index contributed by atoms with van der Waals surface area (Å²) in [5.41, 5.74) is 3.15. The molecule has 3 aliphatic rings. The van der Waals surface area contributed by atoms with E-state index in [4.69, 9.17) is 0 Å². The fourth-order valence-corrected chi connectivity index (χ4v) is 6.91. The van der Waals surface area contributed by atoms with Crippen molar-refractivity contribution in [1.29, 1.82) is 0 Å². The first-order valence-electron chi connectivity index (χ1n) is 12.6. The van der Waals surface area contributed by atoms with Crippen LogP contribution in [0.4, 0.5) is 0 Å². The van der Waals surface area contributed by atoms with E-state index in [-0.39, 0.29) is 5.92 Å². The van der Waals surface area contributed by atoms with Gasteiger partial charge in [-0.3, -0.25) is 0 Å². The van der Waals surface area contributed by atoms with Gasteiger partial charge in [0.05, 0.1) is 17.8 Å². The minimum absolute atomic E-state index is 0.149. The van der Waals surface area contributed by atoms with Crippen LogP contribution in [0.25, 0.3) is 0 Å². The van der Waals surface area contributed by atoms with E-state index in [1.54, 1.807) is 5.57 Å². The van der Waals surface area contributed by atoms with Crippen molar-refractivity contribution in [2.45, 2.75) is 110 Å². The SMILES string of the molecule is C=C1/C(=C\C=C2/CCC[C@@]3(C)C2CC[C@@H]3[C@@H](C)CCCC(C)(C)O)C[C@H](O)[C@H](C)[C@H]1O. The molecular formula is C28H46O3. The molecule has 176 valence electrons. The van der Waals surface area contributed by atoms with Crippen molar-refractivity contribution in [2.24, 2.45) is 29.1 Å². The maximum absolute atomic E-state index is 10.4. The summed E-state index contributed by atoms with van der Waals surface area (Å²) in [5.74, 6) is 1.94. The van der Waals surface area contributed by atoms with Crippen LogP contribution in [0.1, 0.15) is 92.4 Å². The molecule has 0 spiro atoms. The molecule has 0 bridgehead atoms. The number of hydrogen-bond acceptors (Lipinski definition) is 3. The molecule has 3 rings (SSSR count). The summed E-state index contributed by atoms with van der Waals surface area (Å²) in [6, 6.07) is 0. The highest BCUT2D eigenvalue weighted by Crippen LogP contribution is 2.60. The van der Waals surface area contributed by atoms with E-state index in [0.717, 1.165) is 36.3 Å². The van der Waals surface area contributed by atoms with Crippen molar-refractivity contribution in [3.05, 3.63) is 35.5 Å². The second-order valence-corrected chi connectivity index (χ2v) is 11.8. The van der Waals surface area contributed by atoms with E-state index in [1.165, 1.54) is 32.1 Å². The van der Waals surface area contributed by atoms with Crippen LogP contribution in [0.2, 0.25) is 0 Å². The average molecular weight is 431 g/mol. The zero-order chi connectivity index (χ0) is 23.0. The molecule has 0 radical (unpaired) electrons. The number of rotatable bonds is 6. The Balaban J connectivity index is 1.71. The quantitative estimate of drug-likeness (QED) is 0.488. The van der Waals surface area contributed by atoms with E-state index < -0.39 is 17.8 Å². The van der Waals surface area contributed by atoms with Gasteiger partial charge in [-0.1, -0.05) is 57.9 Å². The Morgan fingerprint density at radius 2 is 1.94 bits per heavy atom. The highest BCUT2D eigenvalue weighted by Gasteiger charge is 2.50. The summed E-state index contributed by atoms with van der Waals surface area (Å²) < 4.78 is 0. The minimum atomic E-state index is -0.648. The summed E-state index contributed by atoms with van der Waals surface area (Å²) in [6.07, 6.45) is 13.4. The molecule has 0 aromatic carbocycles. The zero-order valence-electron chi connectivity index (χ0n) is 20.5. The normalized spacial score (nSPS) is 40.4. The second-order valence-electron chi connectivity index (χ2n) is 11.8. The molecule has 7 atom stereocenters. The van der Waals surface area contributed by atoms with Crippen LogP contribution in [0.5, 0.6) is 0 Å². The van der Waals surface area contributed by atoms with Crippen LogP contribution >= 0.6 is 0 Å². The van der Waals surface area contributed by atoms with Gasteiger partial charge in [0.2, 0.25) is 0 Å². The molecule has 3 fully saturated rings. The van der Waals surface area contributed by atoms with Crippen molar-refractivity contribution < 1.29 is 15.3 Å². The van der Waals surface area contributed by atoms with Gasteiger partial charge in [0.15, 0.2) is 0 Å². The second kappa shape index (κ2) is 9.53. The Bertz CT molecular complexity index is 712. The number of aliphatic hydroxyl groups excluding tert-OH is 2. The third-order valence-corrected chi connectivity index (χ3v) is 8.97. The predicted molar refractivity (Wildman–Crippen MR) is 129 cm³/mol. The van der Waals surface area contributed by atoms with Crippen LogP contribution in [-0.2, 0) is 0 Å². The van der Waals surface area contributed by atoms with Gasteiger partial charge < -0.3 is 15.3 Å². The zero-order valence-corrected chi connectivity index (χ0v) is 20.5. The Hall–Kier alpha value is -0.900. The van der Waals surface area contributed by atoms with Crippen molar-refractivity contribution in [3.63, 3.8) is 0 Å². The third kappa shape index (κ3) is 5.37. The lowest BCUT2D eigenvalue weighted by Crippen LogP contribution is -2.36. The topological polar surface area (TPSA) is 60.7 Å². The van der Waals surface area contributed by atoms with Gasteiger partial charge in [0, 0.05) is 5.92 Å². The Kier molecular flexibility index (Phi) is 7.61. The van der Waals surface area contributed by atoms with E-state index >= 15 is 0 Å². The van der Waals surface area contributed by atoms with Crippen molar-refractivity contribution >= 4 is 0 Å². The van der Waals surface area contributed by atoms with Crippen LogP contribution < -0.4 is 0 Å². The van der Waals surface area contributed by atoms with Gasteiger partial charge in [-0.05, 0) is 93.1 Å². The molecular weight excluding hydrogens is 384 g/mol. The van der Waals surface area contributed by atoms with Gasteiger partial charge in [-0.15, -0.1) is 0 Å². The van der Waals surface area contributed by atoms with E-state index in [1.807, 2.05) is 20.8 Å². The monoisotopic (exact) mass is 430 g/mol. The highest BCUT2D eigenvalue weighted by atomic mass is 16.3. The molecule has 0 amide bonds. The average Bonchev–Trinajstić information content (AvgIpc) is 3.04. The summed E-state index contributed by atoms with van der Waals surface area (Å²) in [6.45, 7) is 14.8. The van der Waals surface area contributed by atoms with Crippen LogP contribution in [-0.4, -0.2) is 33.1 Å². The number of fused-ring (bicyclic) bond motifs is 1. The van der Waals surface area contributed by atoms with Crippen LogP contribution in [0.3, 0.4) is 0 Å². The smallest absolute Gasteiger partial charge is 0.0837 e. The van der Waals surface area contributed by atoms with Gasteiger partial charge in [-0.25, -0.2) is 0 Å². The first-order chi connectivity index (χ1) is 14.4. The standard InChI is InChI=1S/C28H46O3/c1-18(9-7-15-27(4,5)31)23-13-14-24-21(10-8-16-28(23,24)6)11-12-22-17-25(29)20(3)26(30)19(22)2/h11-12,18,20,23-26,29-31H,2,7-10,13-17H2,1,3-6H3/b21-11+,22-12-/t18-,20-,23+,24?,25-,26-,28+/m0/s1. The molecule has 3 aliphatic carbocycles. The largest absolute Gasteiger partial charge is 0.392 e. The molecule has 0 aromatic heterocycles. The van der Waals surface area contributed by atoms with Gasteiger partial charge in [0.25, 0.3) is 0 Å². The third-order valence-electron chi connectivity index (χ3n) is 8.97. The minimum Gasteiger partial charge on any atom is -0.392 e. The molecule has 3 N–H and O–H groups in total. The number of hydrogen-bond donors (Lipinski definition) is 3. The molecule has 0 aromatic rings. The first kappa shape index (κ1) is 24.7. The Morgan fingerprint density at radius 1 is 1.23 bits per heavy atom. The van der Waals surface area contributed by atoms with Crippen molar-refractivity contribution in [3.8, 4) is 0 Å². The van der Waals surface area contributed by atoms with Crippen molar-refractivity contribution in [2.75, 3.05) is 0 Å². The predicted octanol–water partition coefficient (Wildman–Crippen LogP) is 5.95. The first-order valence-corrected chi connectivity index (χ1v) is 12.6. The summed E-state index contributed by atoms with van der Waals surface area (Å²) in [5, 5.41) is 30.7. The van der Waals surface area contributed by atoms with Gasteiger partial charge in [0.1, 0.15) is 0 Å². The van der Waals surface area contributed by atoms with Gasteiger partial charge in [-0.2, -0.15) is 0 Å². The molecule has 0 aliphatic heterocycles. The molecule has 0 saturated heterocycles. The molecule has 3 nitrogen and oxygen atoms in total. The lowest BCUT2D eigenvalue weighted by Gasteiger charge is -2.44. The maximum atomic E-state index is 10.4.